The molecular weight excluding hydrogens is 224 g/mol. The average molecular weight is 238 g/mol. The summed E-state index contributed by atoms with van der Waals surface area (Å²) in [4.78, 5) is 22.2. The van der Waals surface area contributed by atoms with Gasteiger partial charge in [0.1, 0.15) is 23.3 Å². The molecule has 5 nitrogen and oxygen atoms in total. The Labute approximate surface area is 99.3 Å². The summed E-state index contributed by atoms with van der Waals surface area (Å²) in [6, 6.07) is 3.18. The summed E-state index contributed by atoms with van der Waals surface area (Å²) in [5.41, 5.74) is 0.769. The summed E-state index contributed by atoms with van der Waals surface area (Å²) in [6.45, 7) is 0. The fourth-order valence-electron chi connectivity index (χ4n) is 1.51. The number of esters is 1. The summed E-state index contributed by atoms with van der Waals surface area (Å²) in [7, 11) is 4.21. The van der Waals surface area contributed by atoms with Gasteiger partial charge in [0, 0.05) is 12.5 Å². The van der Waals surface area contributed by atoms with Crippen LogP contribution in [0.4, 0.5) is 0 Å². The molecule has 92 valence electrons. The third-order valence-corrected chi connectivity index (χ3v) is 2.31. The smallest absolute Gasteiger partial charge is 0.341 e. The van der Waals surface area contributed by atoms with Crippen molar-refractivity contribution in [1.82, 2.24) is 0 Å². The highest BCUT2D eigenvalue weighted by Crippen LogP contribution is 2.29. The Morgan fingerprint density at radius 2 is 1.94 bits per heavy atom. The van der Waals surface area contributed by atoms with Gasteiger partial charge in [0.15, 0.2) is 0 Å². The van der Waals surface area contributed by atoms with Crippen LogP contribution in [0.1, 0.15) is 15.9 Å². The Balaban J connectivity index is 3.39. The quantitative estimate of drug-likeness (QED) is 0.570. The number of ether oxygens (including phenoxy) is 3. The van der Waals surface area contributed by atoms with Gasteiger partial charge in [-0.25, -0.2) is 4.79 Å². The van der Waals surface area contributed by atoms with Gasteiger partial charge < -0.3 is 19.0 Å². The number of aldehydes is 1. The molecular formula is C12H14O5. The predicted octanol–water partition coefficient (Wildman–Crippen LogP) is 1.23. The first-order chi connectivity index (χ1) is 8.17. The van der Waals surface area contributed by atoms with Crippen LogP contribution in [0.25, 0.3) is 0 Å². The Morgan fingerprint density at radius 1 is 1.24 bits per heavy atom. The van der Waals surface area contributed by atoms with E-state index in [9.17, 15) is 9.59 Å². The number of methoxy groups -OCH3 is 3. The molecule has 0 aliphatic heterocycles. The molecule has 1 aromatic carbocycles. The molecule has 0 amide bonds. The van der Waals surface area contributed by atoms with Gasteiger partial charge in [-0.3, -0.25) is 0 Å². The van der Waals surface area contributed by atoms with Crippen molar-refractivity contribution in [1.29, 1.82) is 0 Å². The Kier molecular flexibility index (Phi) is 4.51. The van der Waals surface area contributed by atoms with Gasteiger partial charge in [0.25, 0.3) is 0 Å². The van der Waals surface area contributed by atoms with E-state index in [1.54, 1.807) is 12.1 Å². The van der Waals surface area contributed by atoms with Gasteiger partial charge in [-0.05, 0) is 11.6 Å². The predicted molar refractivity (Wildman–Crippen MR) is 60.7 cm³/mol. The molecule has 5 heteroatoms. The normalized spacial score (nSPS) is 9.59. The first-order valence-electron chi connectivity index (χ1n) is 4.94. The second-order valence-corrected chi connectivity index (χ2v) is 3.23. The molecule has 1 rings (SSSR count). The van der Waals surface area contributed by atoms with E-state index < -0.39 is 5.97 Å². The van der Waals surface area contributed by atoms with Crippen LogP contribution < -0.4 is 9.47 Å². The molecule has 0 aliphatic carbocycles. The number of carbonyl (C=O) groups excluding carboxylic acids is 2. The van der Waals surface area contributed by atoms with Crippen molar-refractivity contribution in [2.45, 2.75) is 6.42 Å². The fourth-order valence-corrected chi connectivity index (χ4v) is 1.51. The van der Waals surface area contributed by atoms with Crippen LogP contribution in [0.2, 0.25) is 0 Å². The Bertz CT molecular complexity index is 425. The van der Waals surface area contributed by atoms with Crippen molar-refractivity contribution in [2.75, 3.05) is 21.3 Å². The third-order valence-electron chi connectivity index (χ3n) is 2.31. The molecule has 0 radical (unpaired) electrons. The molecule has 0 spiro atoms. The van der Waals surface area contributed by atoms with Crippen molar-refractivity contribution in [3.8, 4) is 11.5 Å². The molecule has 0 bridgehead atoms. The van der Waals surface area contributed by atoms with E-state index in [0.717, 1.165) is 0 Å². The largest absolute Gasteiger partial charge is 0.497 e. The minimum absolute atomic E-state index is 0.0952. The van der Waals surface area contributed by atoms with Crippen LogP contribution in [0.3, 0.4) is 0 Å². The molecule has 0 saturated carbocycles. The SMILES string of the molecule is COC(=O)c1c(CC=O)cc(OC)cc1OC. The van der Waals surface area contributed by atoms with Gasteiger partial charge in [-0.15, -0.1) is 0 Å². The van der Waals surface area contributed by atoms with Gasteiger partial charge in [-0.1, -0.05) is 0 Å². The molecule has 0 fully saturated rings. The number of hydrogen-bond donors (Lipinski definition) is 0. The molecule has 0 saturated heterocycles. The molecule has 1 aromatic rings. The van der Waals surface area contributed by atoms with E-state index in [2.05, 4.69) is 4.74 Å². The van der Waals surface area contributed by atoms with E-state index in [1.807, 2.05) is 0 Å². The van der Waals surface area contributed by atoms with Crippen molar-refractivity contribution >= 4 is 12.3 Å². The average Bonchev–Trinajstić information content (AvgIpc) is 2.37. The minimum atomic E-state index is -0.540. The van der Waals surface area contributed by atoms with Crippen LogP contribution in [-0.4, -0.2) is 33.6 Å². The number of carbonyl (C=O) groups is 2. The van der Waals surface area contributed by atoms with Crippen molar-refractivity contribution in [3.63, 3.8) is 0 Å². The van der Waals surface area contributed by atoms with E-state index >= 15 is 0 Å². The van der Waals surface area contributed by atoms with Gasteiger partial charge >= 0.3 is 5.97 Å². The molecule has 0 aliphatic rings. The lowest BCUT2D eigenvalue weighted by molar-refractivity contribution is -0.107. The number of benzene rings is 1. The van der Waals surface area contributed by atoms with Gasteiger partial charge in [0.2, 0.25) is 0 Å². The topological polar surface area (TPSA) is 61.8 Å². The number of rotatable bonds is 5. The molecule has 0 N–H and O–H groups in total. The monoisotopic (exact) mass is 238 g/mol. The summed E-state index contributed by atoms with van der Waals surface area (Å²) in [6.07, 6.45) is 0.804. The summed E-state index contributed by atoms with van der Waals surface area (Å²) >= 11 is 0. The minimum Gasteiger partial charge on any atom is -0.497 e. The summed E-state index contributed by atoms with van der Waals surface area (Å²) in [5, 5.41) is 0. The van der Waals surface area contributed by atoms with Crippen LogP contribution in [0, 0.1) is 0 Å². The molecule has 0 heterocycles. The van der Waals surface area contributed by atoms with Crippen molar-refractivity contribution in [2.24, 2.45) is 0 Å². The second kappa shape index (κ2) is 5.89. The standard InChI is InChI=1S/C12H14O5/c1-15-9-6-8(4-5-13)11(12(14)17-3)10(7-9)16-2/h5-7H,4H2,1-3H3. The lowest BCUT2D eigenvalue weighted by Gasteiger charge is -2.12. The van der Waals surface area contributed by atoms with Crippen LogP contribution in [0.15, 0.2) is 12.1 Å². The molecule has 17 heavy (non-hydrogen) atoms. The maximum atomic E-state index is 11.6. The van der Waals surface area contributed by atoms with E-state index in [4.69, 9.17) is 9.47 Å². The maximum absolute atomic E-state index is 11.6. The zero-order chi connectivity index (χ0) is 12.8. The zero-order valence-corrected chi connectivity index (χ0v) is 9.98. The van der Waals surface area contributed by atoms with Gasteiger partial charge in [-0.2, -0.15) is 0 Å². The summed E-state index contributed by atoms with van der Waals surface area (Å²) < 4.78 is 14.8. The maximum Gasteiger partial charge on any atom is 0.341 e. The van der Waals surface area contributed by atoms with E-state index in [1.165, 1.54) is 21.3 Å². The van der Waals surface area contributed by atoms with Crippen molar-refractivity contribution in [3.05, 3.63) is 23.3 Å². The highest BCUT2D eigenvalue weighted by Gasteiger charge is 2.19. The number of hydrogen-bond acceptors (Lipinski definition) is 5. The summed E-state index contributed by atoms with van der Waals surface area (Å²) in [5.74, 6) is 0.306. The van der Waals surface area contributed by atoms with Gasteiger partial charge in [0.05, 0.1) is 21.3 Å². The molecule has 0 atom stereocenters. The molecule has 0 aromatic heterocycles. The van der Waals surface area contributed by atoms with E-state index in [0.29, 0.717) is 23.3 Å². The molecule has 0 unspecified atom stereocenters. The van der Waals surface area contributed by atoms with Crippen LogP contribution in [0.5, 0.6) is 11.5 Å². The first-order valence-corrected chi connectivity index (χ1v) is 4.94. The fraction of sp³-hybridized carbons (Fsp3) is 0.333. The van der Waals surface area contributed by atoms with E-state index in [-0.39, 0.29) is 12.0 Å². The Hall–Kier alpha value is -2.04. The Morgan fingerprint density at radius 3 is 2.41 bits per heavy atom. The van der Waals surface area contributed by atoms with Crippen molar-refractivity contribution < 1.29 is 23.8 Å². The van der Waals surface area contributed by atoms with Crippen LogP contribution >= 0.6 is 0 Å². The second-order valence-electron chi connectivity index (χ2n) is 3.23. The highest BCUT2D eigenvalue weighted by molar-refractivity contribution is 5.95. The lowest BCUT2D eigenvalue weighted by Crippen LogP contribution is -2.09. The van der Waals surface area contributed by atoms with Crippen LogP contribution in [-0.2, 0) is 16.0 Å². The highest BCUT2D eigenvalue weighted by atomic mass is 16.5. The third kappa shape index (κ3) is 2.75. The lowest BCUT2D eigenvalue weighted by atomic mass is 10.0. The first kappa shape index (κ1) is 13.0. The zero-order valence-electron chi connectivity index (χ0n) is 9.98.